The van der Waals surface area contributed by atoms with Gasteiger partial charge in [-0.3, -0.25) is 4.79 Å². The van der Waals surface area contributed by atoms with Crippen molar-refractivity contribution in [3.8, 4) is 0 Å². The molecule has 6 nitrogen and oxygen atoms in total. The number of morpholine rings is 1. The van der Waals surface area contributed by atoms with Crippen LogP contribution in [0.4, 0.5) is 10.1 Å². The summed E-state index contributed by atoms with van der Waals surface area (Å²) in [7, 11) is -3.85. The minimum atomic E-state index is -3.85. The number of hydrogen-bond acceptors (Lipinski definition) is 4. The highest BCUT2D eigenvalue weighted by Gasteiger charge is 2.28. The second-order valence-electron chi connectivity index (χ2n) is 7.43. The average Bonchev–Trinajstić information content (AvgIpc) is 2.81. The zero-order valence-electron chi connectivity index (χ0n) is 17.3. The number of hydrogen-bond donors (Lipinski definition) is 1. The van der Waals surface area contributed by atoms with Crippen molar-refractivity contribution in [1.82, 2.24) is 4.31 Å². The van der Waals surface area contributed by atoms with Gasteiger partial charge in [0.1, 0.15) is 5.82 Å². The van der Waals surface area contributed by atoms with Gasteiger partial charge in [0.25, 0.3) is 5.91 Å². The Bertz CT molecular complexity index is 1210. The minimum Gasteiger partial charge on any atom is -0.379 e. The molecule has 0 saturated carbocycles. The quantitative estimate of drug-likeness (QED) is 0.617. The summed E-state index contributed by atoms with van der Waals surface area (Å²) in [6.45, 7) is 1.03. The van der Waals surface area contributed by atoms with Crippen LogP contribution in [0.2, 0.25) is 0 Å². The smallest absolute Gasteiger partial charge is 0.258 e. The van der Waals surface area contributed by atoms with Crippen molar-refractivity contribution in [3.05, 3.63) is 95.3 Å². The normalized spacial score (nSPS) is 14.8. The molecule has 0 aromatic heterocycles. The predicted molar refractivity (Wildman–Crippen MR) is 120 cm³/mol. The van der Waals surface area contributed by atoms with Crippen molar-refractivity contribution in [3.63, 3.8) is 0 Å². The molecule has 1 aliphatic rings. The summed E-state index contributed by atoms with van der Waals surface area (Å²) in [6.07, 6.45) is 0.589. The zero-order chi connectivity index (χ0) is 22.6. The van der Waals surface area contributed by atoms with Crippen molar-refractivity contribution in [2.24, 2.45) is 0 Å². The number of nitrogens with zero attached hydrogens (tertiary/aromatic N) is 1. The lowest BCUT2D eigenvalue weighted by Gasteiger charge is -2.26. The van der Waals surface area contributed by atoms with E-state index in [1.165, 1.54) is 10.4 Å². The average molecular weight is 455 g/mol. The third-order valence-electron chi connectivity index (χ3n) is 5.29. The van der Waals surface area contributed by atoms with E-state index in [1.54, 1.807) is 12.1 Å². The number of nitrogens with one attached hydrogen (secondary N) is 1. The fourth-order valence-corrected chi connectivity index (χ4v) is 5.01. The number of carbonyl (C=O) groups excluding carboxylic acids is 1. The van der Waals surface area contributed by atoms with E-state index in [0.29, 0.717) is 25.3 Å². The predicted octanol–water partition coefficient (Wildman–Crippen LogP) is 3.69. The Morgan fingerprint density at radius 3 is 2.41 bits per heavy atom. The van der Waals surface area contributed by atoms with E-state index in [1.807, 2.05) is 42.5 Å². The molecule has 0 bridgehead atoms. The van der Waals surface area contributed by atoms with Crippen LogP contribution in [0.3, 0.4) is 0 Å². The van der Waals surface area contributed by atoms with Crippen LogP contribution in [0.15, 0.2) is 77.7 Å². The van der Waals surface area contributed by atoms with Gasteiger partial charge in [-0.2, -0.15) is 4.31 Å². The van der Waals surface area contributed by atoms with Crippen LogP contribution < -0.4 is 5.32 Å². The first kappa shape index (κ1) is 22.1. The van der Waals surface area contributed by atoms with Crippen LogP contribution in [-0.2, 0) is 21.2 Å². The summed E-state index contributed by atoms with van der Waals surface area (Å²) in [6, 6.07) is 20.3. The molecular formula is C24H23FN2O4S. The van der Waals surface area contributed by atoms with Crippen LogP contribution in [0, 0.1) is 5.82 Å². The number of halogens is 1. The van der Waals surface area contributed by atoms with Gasteiger partial charge in [0, 0.05) is 18.8 Å². The van der Waals surface area contributed by atoms with Crippen molar-refractivity contribution in [2.45, 2.75) is 11.3 Å². The van der Waals surface area contributed by atoms with Gasteiger partial charge in [0.15, 0.2) is 0 Å². The minimum absolute atomic E-state index is 0.122. The lowest BCUT2D eigenvalue weighted by Crippen LogP contribution is -2.40. The van der Waals surface area contributed by atoms with Gasteiger partial charge in [0.05, 0.1) is 23.7 Å². The number of carbonyl (C=O) groups is 1. The van der Waals surface area contributed by atoms with Gasteiger partial charge in [-0.1, -0.05) is 48.5 Å². The van der Waals surface area contributed by atoms with Gasteiger partial charge < -0.3 is 10.1 Å². The number of amides is 1. The second-order valence-corrected chi connectivity index (χ2v) is 9.37. The Kier molecular flexibility index (Phi) is 6.64. The summed E-state index contributed by atoms with van der Waals surface area (Å²) < 4.78 is 46.8. The van der Waals surface area contributed by atoms with Gasteiger partial charge >= 0.3 is 0 Å². The maximum absolute atomic E-state index is 14.5. The van der Waals surface area contributed by atoms with Gasteiger partial charge in [0.2, 0.25) is 10.0 Å². The van der Waals surface area contributed by atoms with E-state index in [2.05, 4.69) is 5.32 Å². The first-order chi connectivity index (χ1) is 15.4. The van der Waals surface area contributed by atoms with Gasteiger partial charge in [-0.25, -0.2) is 12.8 Å². The zero-order valence-corrected chi connectivity index (χ0v) is 18.1. The number of ether oxygens (including phenoxy) is 1. The Morgan fingerprint density at radius 1 is 0.969 bits per heavy atom. The Morgan fingerprint density at radius 2 is 1.66 bits per heavy atom. The lowest BCUT2D eigenvalue weighted by atomic mass is 10.0. The molecule has 1 N–H and O–H groups in total. The van der Waals surface area contributed by atoms with Crippen LogP contribution in [0.5, 0.6) is 0 Å². The third-order valence-corrected chi connectivity index (χ3v) is 7.19. The van der Waals surface area contributed by atoms with Gasteiger partial charge in [-0.05, 0) is 41.8 Å². The van der Waals surface area contributed by atoms with Crippen LogP contribution in [0.25, 0.3) is 0 Å². The number of sulfonamides is 1. The molecule has 0 atom stereocenters. The Labute approximate surface area is 186 Å². The first-order valence-corrected chi connectivity index (χ1v) is 11.7. The van der Waals surface area contributed by atoms with Crippen molar-refractivity contribution < 1.29 is 22.3 Å². The molecule has 0 radical (unpaired) electrons. The van der Waals surface area contributed by atoms with Gasteiger partial charge in [-0.15, -0.1) is 0 Å². The maximum atomic E-state index is 14.5. The molecule has 0 unspecified atom stereocenters. The molecule has 8 heteroatoms. The van der Waals surface area contributed by atoms with E-state index in [-0.39, 0.29) is 23.5 Å². The molecular weight excluding hydrogens is 431 g/mol. The monoisotopic (exact) mass is 454 g/mol. The van der Waals surface area contributed by atoms with Crippen LogP contribution in [0.1, 0.15) is 21.5 Å². The van der Waals surface area contributed by atoms with Crippen molar-refractivity contribution in [1.29, 1.82) is 0 Å². The molecule has 166 valence electrons. The molecule has 0 aliphatic carbocycles. The standard InChI is InChI=1S/C24H23FN2O4S/c25-22-11-10-20(32(29,30)27-12-14-31-15-13-27)17-21(22)24(28)26-23-9-5-4-8-19(23)16-18-6-2-1-3-7-18/h1-11,17H,12-16H2,(H,26,28). The number of benzene rings is 3. The highest BCUT2D eigenvalue weighted by Crippen LogP contribution is 2.23. The molecule has 32 heavy (non-hydrogen) atoms. The summed E-state index contributed by atoms with van der Waals surface area (Å²) in [5, 5.41) is 2.74. The van der Waals surface area contributed by atoms with E-state index in [4.69, 9.17) is 4.74 Å². The second kappa shape index (κ2) is 9.60. The molecule has 3 aromatic carbocycles. The van der Waals surface area contributed by atoms with E-state index in [9.17, 15) is 17.6 Å². The largest absolute Gasteiger partial charge is 0.379 e. The fraction of sp³-hybridized carbons (Fsp3) is 0.208. The van der Waals surface area contributed by atoms with E-state index < -0.39 is 21.7 Å². The van der Waals surface area contributed by atoms with E-state index in [0.717, 1.165) is 23.3 Å². The molecule has 1 fully saturated rings. The first-order valence-electron chi connectivity index (χ1n) is 10.3. The number of rotatable bonds is 6. The van der Waals surface area contributed by atoms with Crippen molar-refractivity contribution in [2.75, 3.05) is 31.6 Å². The maximum Gasteiger partial charge on any atom is 0.258 e. The lowest BCUT2D eigenvalue weighted by molar-refractivity contribution is 0.0730. The summed E-state index contributed by atoms with van der Waals surface area (Å²) in [5.41, 5.74) is 2.15. The third kappa shape index (κ3) is 4.88. The molecule has 3 aromatic rings. The van der Waals surface area contributed by atoms with E-state index >= 15 is 0 Å². The topological polar surface area (TPSA) is 75.7 Å². The van der Waals surface area contributed by atoms with Crippen LogP contribution in [-0.4, -0.2) is 44.9 Å². The molecule has 4 rings (SSSR count). The summed E-state index contributed by atoms with van der Waals surface area (Å²) in [4.78, 5) is 12.8. The Hall–Kier alpha value is -3.07. The number of anilines is 1. The van der Waals surface area contributed by atoms with Crippen LogP contribution >= 0.6 is 0 Å². The summed E-state index contributed by atoms with van der Waals surface area (Å²) >= 11 is 0. The molecule has 0 spiro atoms. The number of para-hydroxylation sites is 1. The highest BCUT2D eigenvalue weighted by molar-refractivity contribution is 7.89. The molecule has 1 aliphatic heterocycles. The molecule has 1 amide bonds. The highest BCUT2D eigenvalue weighted by atomic mass is 32.2. The SMILES string of the molecule is O=C(Nc1ccccc1Cc1ccccc1)c1cc(S(=O)(=O)N2CCOCC2)ccc1F. The molecule has 1 saturated heterocycles. The Balaban J connectivity index is 1.59. The molecule has 1 heterocycles. The van der Waals surface area contributed by atoms with Crippen molar-refractivity contribution >= 4 is 21.6 Å². The fourth-order valence-electron chi connectivity index (χ4n) is 3.58. The summed E-state index contributed by atoms with van der Waals surface area (Å²) in [5.74, 6) is -1.49.